The molecular weight excluding hydrogens is 464 g/mol. The molecule has 2 aromatic heterocycles. The maximum Gasteiger partial charge on any atom is 0.142 e. The third-order valence-electron chi connectivity index (χ3n) is 7.43. The molecule has 0 atom stereocenters. The highest BCUT2D eigenvalue weighted by molar-refractivity contribution is 5.96. The van der Waals surface area contributed by atoms with Gasteiger partial charge in [0.25, 0.3) is 0 Å². The van der Waals surface area contributed by atoms with Crippen LogP contribution in [-0.4, -0.2) is 16.7 Å². The summed E-state index contributed by atoms with van der Waals surface area (Å²) in [6.07, 6.45) is 5.64. The van der Waals surface area contributed by atoms with E-state index >= 15 is 0 Å². The van der Waals surface area contributed by atoms with E-state index in [-0.39, 0.29) is 5.41 Å². The summed E-state index contributed by atoms with van der Waals surface area (Å²) < 4.78 is 0. The SMILES string of the molecule is C=CC1=C(N=C)N(c2ccccn2)c2ccc(-c3ccc(-c4cccc5ccccc45)cn3)cc2C1(C)C. The quantitative estimate of drug-likeness (QED) is 0.231. The zero-order valence-corrected chi connectivity index (χ0v) is 21.6. The minimum Gasteiger partial charge on any atom is -0.278 e. The Bertz CT molecular complexity index is 1710. The van der Waals surface area contributed by atoms with E-state index < -0.39 is 0 Å². The molecule has 3 heterocycles. The average Bonchev–Trinajstić information content (AvgIpc) is 2.97. The number of hydrogen-bond acceptors (Lipinski definition) is 4. The van der Waals surface area contributed by atoms with Gasteiger partial charge in [0.05, 0.1) is 11.4 Å². The normalized spacial score (nSPS) is 14.3. The predicted octanol–water partition coefficient (Wildman–Crippen LogP) is 8.49. The van der Waals surface area contributed by atoms with Crippen molar-refractivity contribution in [2.45, 2.75) is 19.3 Å². The topological polar surface area (TPSA) is 41.4 Å². The van der Waals surface area contributed by atoms with Crippen molar-refractivity contribution in [2.75, 3.05) is 4.90 Å². The molecule has 5 aromatic rings. The molecule has 0 radical (unpaired) electrons. The molecule has 1 aliphatic heterocycles. The minimum atomic E-state index is -0.336. The van der Waals surface area contributed by atoms with E-state index in [9.17, 15) is 0 Å². The van der Waals surface area contributed by atoms with Crippen LogP contribution in [0.25, 0.3) is 33.2 Å². The second kappa shape index (κ2) is 9.24. The van der Waals surface area contributed by atoms with E-state index in [2.05, 4.69) is 115 Å². The summed E-state index contributed by atoms with van der Waals surface area (Å²) in [4.78, 5) is 16.0. The standard InChI is InChI=1S/C34H28N4/c1-5-28-33(35-4)38(32-15-8-9-20-36-32)31-19-17-24(21-29(31)34(28,2)3)30-18-16-25(22-37-30)27-14-10-12-23-11-6-7-13-26(23)27/h5-22H,1,4H2,2-3H3. The van der Waals surface area contributed by atoms with Gasteiger partial charge in [0.15, 0.2) is 0 Å². The molecule has 0 spiro atoms. The maximum atomic E-state index is 4.89. The first kappa shape index (κ1) is 23.6. The Hall–Kier alpha value is -4.83. The van der Waals surface area contributed by atoms with Gasteiger partial charge in [-0.25, -0.2) is 9.98 Å². The number of benzene rings is 3. The first-order chi connectivity index (χ1) is 18.5. The Morgan fingerprint density at radius 2 is 1.63 bits per heavy atom. The number of fused-ring (bicyclic) bond motifs is 2. The van der Waals surface area contributed by atoms with Gasteiger partial charge in [-0.15, -0.1) is 0 Å². The molecule has 184 valence electrons. The number of nitrogens with zero attached hydrogens (tertiary/aromatic N) is 4. The van der Waals surface area contributed by atoms with E-state index in [1.54, 1.807) is 6.20 Å². The fourth-order valence-electron chi connectivity index (χ4n) is 5.47. The Morgan fingerprint density at radius 3 is 2.37 bits per heavy atom. The van der Waals surface area contributed by atoms with Gasteiger partial charge in [-0.05, 0) is 58.9 Å². The van der Waals surface area contributed by atoms with Crippen LogP contribution < -0.4 is 4.90 Å². The first-order valence-electron chi connectivity index (χ1n) is 12.7. The number of aromatic nitrogens is 2. The molecule has 0 N–H and O–H groups in total. The Morgan fingerprint density at radius 1 is 0.842 bits per heavy atom. The lowest BCUT2D eigenvalue weighted by Crippen LogP contribution is -2.33. The predicted molar refractivity (Wildman–Crippen MR) is 159 cm³/mol. The summed E-state index contributed by atoms with van der Waals surface area (Å²) in [7, 11) is 0. The average molecular weight is 493 g/mol. The van der Waals surface area contributed by atoms with Gasteiger partial charge >= 0.3 is 0 Å². The molecular formula is C34H28N4. The summed E-state index contributed by atoms with van der Waals surface area (Å²) >= 11 is 0. The van der Waals surface area contributed by atoms with Crippen molar-refractivity contribution in [3.8, 4) is 22.4 Å². The Kier molecular flexibility index (Phi) is 5.73. The zero-order valence-electron chi connectivity index (χ0n) is 21.6. The smallest absolute Gasteiger partial charge is 0.142 e. The molecule has 4 nitrogen and oxygen atoms in total. The summed E-state index contributed by atoms with van der Waals surface area (Å²) in [5.74, 6) is 1.54. The van der Waals surface area contributed by atoms with Crippen molar-refractivity contribution in [1.82, 2.24) is 9.97 Å². The number of hydrogen-bond donors (Lipinski definition) is 0. The number of pyridine rings is 2. The number of rotatable bonds is 5. The lowest BCUT2D eigenvalue weighted by atomic mass is 9.73. The lowest BCUT2D eigenvalue weighted by Gasteiger charge is -2.41. The monoisotopic (exact) mass is 492 g/mol. The van der Waals surface area contributed by atoms with Crippen LogP contribution in [0, 0.1) is 0 Å². The molecule has 0 fully saturated rings. The van der Waals surface area contributed by atoms with Gasteiger partial charge in [0.2, 0.25) is 0 Å². The molecule has 4 heteroatoms. The van der Waals surface area contributed by atoms with Crippen LogP contribution in [0.15, 0.2) is 132 Å². The van der Waals surface area contributed by atoms with E-state index in [1.807, 2.05) is 30.5 Å². The molecule has 0 saturated carbocycles. The Balaban J connectivity index is 1.45. The van der Waals surface area contributed by atoms with Crippen molar-refractivity contribution in [3.63, 3.8) is 0 Å². The maximum absolute atomic E-state index is 4.89. The molecule has 0 aliphatic carbocycles. The third kappa shape index (κ3) is 3.73. The van der Waals surface area contributed by atoms with Crippen LogP contribution in [0.3, 0.4) is 0 Å². The number of anilines is 2. The van der Waals surface area contributed by atoms with Crippen molar-refractivity contribution in [1.29, 1.82) is 0 Å². The van der Waals surface area contributed by atoms with Gasteiger partial charge in [-0.3, -0.25) is 9.88 Å². The minimum absolute atomic E-state index is 0.336. The van der Waals surface area contributed by atoms with Crippen LogP contribution >= 0.6 is 0 Å². The highest BCUT2D eigenvalue weighted by Crippen LogP contribution is 2.49. The van der Waals surface area contributed by atoms with Crippen LogP contribution in [-0.2, 0) is 5.41 Å². The molecule has 1 aliphatic rings. The van der Waals surface area contributed by atoms with E-state index in [1.165, 1.54) is 16.3 Å². The highest BCUT2D eigenvalue weighted by Gasteiger charge is 2.38. The Labute approximate surface area is 223 Å². The van der Waals surface area contributed by atoms with Gasteiger partial charge in [-0.2, -0.15) is 0 Å². The van der Waals surface area contributed by atoms with Gasteiger partial charge in [-0.1, -0.05) is 87.2 Å². The summed E-state index contributed by atoms with van der Waals surface area (Å²) in [6, 6.07) is 31.5. The largest absolute Gasteiger partial charge is 0.278 e. The molecule has 6 rings (SSSR count). The van der Waals surface area contributed by atoms with E-state index in [0.717, 1.165) is 45.3 Å². The first-order valence-corrected chi connectivity index (χ1v) is 12.7. The third-order valence-corrected chi connectivity index (χ3v) is 7.43. The molecule has 0 amide bonds. The zero-order chi connectivity index (χ0) is 26.3. The molecule has 0 saturated heterocycles. The fraction of sp³-hybridized carbons (Fsp3) is 0.0882. The van der Waals surface area contributed by atoms with E-state index in [4.69, 9.17) is 4.98 Å². The van der Waals surface area contributed by atoms with Crippen molar-refractivity contribution < 1.29 is 0 Å². The second-order valence-corrected chi connectivity index (χ2v) is 9.94. The van der Waals surface area contributed by atoms with Crippen molar-refractivity contribution >= 4 is 29.0 Å². The van der Waals surface area contributed by atoms with Gasteiger partial charge in [0.1, 0.15) is 11.6 Å². The lowest BCUT2D eigenvalue weighted by molar-refractivity contribution is 0.616. The molecule has 3 aromatic carbocycles. The molecule has 38 heavy (non-hydrogen) atoms. The van der Waals surface area contributed by atoms with Crippen LogP contribution in [0.1, 0.15) is 19.4 Å². The number of aliphatic imine (C=N–C) groups is 1. The summed E-state index contributed by atoms with van der Waals surface area (Å²) in [5, 5.41) is 2.45. The van der Waals surface area contributed by atoms with Gasteiger partial charge < -0.3 is 0 Å². The summed E-state index contributed by atoms with van der Waals surface area (Å²) in [5.41, 5.74) is 7.11. The highest BCUT2D eigenvalue weighted by atomic mass is 15.3. The van der Waals surface area contributed by atoms with Crippen LogP contribution in [0.4, 0.5) is 11.5 Å². The molecule has 0 bridgehead atoms. The summed E-state index contributed by atoms with van der Waals surface area (Å²) in [6.45, 7) is 12.4. The van der Waals surface area contributed by atoms with Gasteiger partial charge in [0, 0.05) is 34.5 Å². The van der Waals surface area contributed by atoms with Crippen molar-refractivity contribution in [3.05, 3.63) is 133 Å². The second-order valence-electron chi connectivity index (χ2n) is 9.94. The molecule has 0 unspecified atom stereocenters. The van der Waals surface area contributed by atoms with Crippen LogP contribution in [0.2, 0.25) is 0 Å². The number of allylic oxidation sites excluding steroid dienone is 2. The van der Waals surface area contributed by atoms with E-state index in [0.29, 0.717) is 0 Å². The van der Waals surface area contributed by atoms with Crippen LogP contribution in [0.5, 0.6) is 0 Å². The fourth-order valence-corrected chi connectivity index (χ4v) is 5.47. The van der Waals surface area contributed by atoms with Crippen molar-refractivity contribution in [2.24, 2.45) is 4.99 Å².